The molecule has 2 N–H and O–H groups in total. The van der Waals surface area contributed by atoms with Gasteiger partial charge in [0.1, 0.15) is 0 Å². The van der Waals surface area contributed by atoms with Gasteiger partial charge in [-0.2, -0.15) is 13.2 Å². The second-order valence-electron chi connectivity index (χ2n) is 8.55. The van der Waals surface area contributed by atoms with Gasteiger partial charge < -0.3 is 10.3 Å². The molecule has 30 heavy (non-hydrogen) atoms. The number of benzene rings is 1. The first-order chi connectivity index (χ1) is 14.3. The second kappa shape index (κ2) is 8.10. The number of alkyl halides is 3. The summed E-state index contributed by atoms with van der Waals surface area (Å²) >= 11 is 0. The van der Waals surface area contributed by atoms with Crippen molar-refractivity contribution in [1.29, 1.82) is 0 Å². The molecule has 1 aromatic carbocycles. The molecule has 0 fully saturated rings. The van der Waals surface area contributed by atoms with Crippen LogP contribution in [0.2, 0.25) is 0 Å². The van der Waals surface area contributed by atoms with Gasteiger partial charge in [-0.15, -0.1) is 0 Å². The smallest absolute Gasteiger partial charge is 0.361 e. The summed E-state index contributed by atoms with van der Waals surface area (Å²) in [6.07, 6.45) is 1.35. The summed E-state index contributed by atoms with van der Waals surface area (Å²) < 4.78 is 39.0. The van der Waals surface area contributed by atoms with Crippen molar-refractivity contribution in [2.45, 2.75) is 57.8 Å². The summed E-state index contributed by atoms with van der Waals surface area (Å²) in [7, 11) is 0. The topological polar surface area (TPSA) is 48.1 Å². The van der Waals surface area contributed by atoms with Gasteiger partial charge in [0.05, 0.1) is 12.3 Å². The molecule has 2 aromatic rings. The Morgan fingerprint density at radius 2 is 2.17 bits per heavy atom. The molecule has 2 aliphatic rings. The summed E-state index contributed by atoms with van der Waals surface area (Å²) in [5, 5.41) is 4.16. The predicted molar refractivity (Wildman–Crippen MR) is 112 cm³/mol. The molecule has 0 radical (unpaired) electrons. The number of carbonyl (C=O) groups excluding carboxylic acids is 1. The van der Waals surface area contributed by atoms with Crippen LogP contribution in [0.15, 0.2) is 30.5 Å². The van der Waals surface area contributed by atoms with Gasteiger partial charge >= 0.3 is 6.18 Å². The minimum Gasteiger partial charge on any atom is -0.361 e. The number of nitrogens with zero attached hydrogens (tertiary/aromatic N) is 1. The highest BCUT2D eigenvalue weighted by molar-refractivity contribution is 5.99. The molecule has 0 unspecified atom stereocenters. The van der Waals surface area contributed by atoms with Crippen LogP contribution in [0.25, 0.3) is 16.5 Å². The quantitative estimate of drug-likeness (QED) is 0.715. The molecule has 4 rings (SSSR count). The van der Waals surface area contributed by atoms with E-state index in [1.54, 1.807) is 0 Å². The molecule has 2 heterocycles. The Labute approximate surface area is 174 Å². The lowest BCUT2D eigenvalue weighted by atomic mass is 9.79. The maximum absolute atomic E-state index is 13.0. The molecule has 0 spiro atoms. The fourth-order valence-electron chi connectivity index (χ4n) is 4.86. The van der Waals surface area contributed by atoms with Gasteiger partial charge in [0.15, 0.2) is 0 Å². The fraction of sp³-hybridized carbons (Fsp3) is 0.522. The third kappa shape index (κ3) is 4.13. The standard InChI is InChI=1S/C23H28F3N3O/c1-3-5-14(2)28-22(30)16-10-18-17-6-4-7-19-21(17)15(12-27-19)11-20(18)29(13-16)9-8-23(24,25)26/h4,6-7,10,12,14,16,20,27H,3,5,8-9,11,13H2,1-2H3,(H,28,30)/t14-,16-,20-/m1/s1. The van der Waals surface area contributed by atoms with Crippen molar-refractivity contribution in [2.24, 2.45) is 5.92 Å². The van der Waals surface area contributed by atoms with Crippen molar-refractivity contribution >= 4 is 22.4 Å². The van der Waals surface area contributed by atoms with Gasteiger partial charge in [-0.3, -0.25) is 9.69 Å². The molecule has 4 nitrogen and oxygen atoms in total. The lowest BCUT2D eigenvalue weighted by Gasteiger charge is -2.42. The van der Waals surface area contributed by atoms with Gasteiger partial charge in [-0.1, -0.05) is 31.6 Å². The van der Waals surface area contributed by atoms with Crippen LogP contribution >= 0.6 is 0 Å². The third-order valence-electron chi connectivity index (χ3n) is 6.25. The maximum atomic E-state index is 13.0. The summed E-state index contributed by atoms with van der Waals surface area (Å²) in [5.74, 6) is -0.564. The Balaban J connectivity index is 1.68. The van der Waals surface area contributed by atoms with E-state index in [9.17, 15) is 18.0 Å². The van der Waals surface area contributed by atoms with Crippen molar-refractivity contribution in [3.63, 3.8) is 0 Å². The van der Waals surface area contributed by atoms with Crippen molar-refractivity contribution in [3.8, 4) is 0 Å². The first-order valence-corrected chi connectivity index (χ1v) is 10.7. The molecule has 0 saturated carbocycles. The number of hydrogen-bond acceptors (Lipinski definition) is 2. The highest BCUT2D eigenvalue weighted by Crippen LogP contribution is 2.41. The van der Waals surface area contributed by atoms with Gasteiger partial charge in [0.25, 0.3) is 0 Å². The van der Waals surface area contributed by atoms with Crippen LogP contribution in [0.3, 0.4) is 0 Å². The number of carbonyl (C=O) groups is 1. The lowest BCUT2D eigenvalue weighted by molar-refractivity contribution is -0.139. The van der Waals surface area contributed by atoms with Crippen molar-refractivity contribution in [1.82, 2.24) is 15.2 Å². The average Bonchev–Trinajstić information content (AvgIpc) is 3.10. The molecule has 1 aromatic heterocycles. The molecule has 1 amide bonds. The lowest BCUT2D eigenvalue weighted by Crippen LogP contribution is -2.50. The number of amides is 1. The highest BCUT2D eigenvalue weighted by atomic mass is 19.4. The van der Waals surface area contributed by atoms with E-state index >= 15 is 0 Å². The minimum atomic E-state index is -4.22. The highest BCUT2D eigenvalue weighted by Gasteiger charge is 2.39. The van der Waals surface area contributed by atoms with Crippen molar-refractivity contribution in [2.75, 3.05) is 13.1 Å². The van der Waals surface area contributed by atoms with E-state index in [0.29, 0.717) is 13.0 Å². The monoisotopic (exact) mass is 419 g/mol. The average molecular weight is 419 g/mol. The van der Waals surface area contributed by atoms with Crippen molar-refractivity contribution < 1.29 is 18.0 Å². The van der Waals surface area contributed by atoms with Gasteiger partial charge in [0, 0.05) is 42.3 Å². The number of aromatic amines is 1. The Bertz CT molecular complexity index is 962. The zero-order valence-corrected chi connectivity index (χ0v) is 17.4. The molecule has 1 aliphatic heterocycles. The van der Waals surface area contributed by atoms with Crippen LogP contribution in [0, 0.1) is 5.92 Å². The summed E-state index contributed by atoms with van der Waals surface area (Å²) in [6.45, 7) is 4.24. The first-order valence-electron chi connectivity index (χ1n) is 10.7. The third-order valence-corrected chi connectivity index (χ3v) is 6.25. The first kappa shape index (κ1) is 21.0. The van der Waals surface area contributed by atoms with Crippen LogP contribution in [-0.4, -0.2) is 47.1 Å². The molecule has 3 atom stereocenters. The largest absolute Gasteiger partial charge is 0.390 e. The predicted octanol–water partition coefficient (Wildman–Crippen LogP) is 4.67. The Morgan fingerprint density at radius 1 is 1.37 bits per heavy atom. The molecule has 1 aliphatic carbocycles. The zero-order chi connectivity index (χ0) is 21.5. The molecule has 0 bridgehead atoms. The van der Waals surface area contributed by atoms with Crippen LogP contribution in [-0.2, 0) is 11.2 Å². The number of nitrogens with one attached hydrogen (secondary N) is 2. The van der Waals surface area contributed by atoms with Gasteiger partial charge in [-0.25, -0.2) is 0 Å². The van der Waals surface area contributed by atoms with Crippen LogP contribution in [0.4, 0.5) is 13.2 Å². The molecular formula is C23H28F3N3O. The second-order valence-corrected chi connectivity index (χ2v) is 8.55. The van der Waals surface area contributed by atoms with E-state index in [1.165, 1.54) is 0 Å². The summed E-state index contributed by atoms with van der Waals surface area (Å²) in [4.78, 5) is 18.1. The van der Waals surface area contributed by atoms with Crippen LogP contribution in [0.1, 0.15) is 44.2 Å². The zero-order valence-electron chi connectivity index (χ0n) is 17.4. The summed E-state index contributed by atoms with van der Waals surface area (Å²) in [6, 6.07) is 5.88. The summed E-state index contributed by atoms with van der Waals surface area (Å²) in [5.41, 5.74) is 4.14. The van der Waals surface area contributed by atoms with E-state index in [2.05, 4.69) is 17.2 Å². The molecule has 0 saturated heterocycles. The molecular weight excluding hydrogens is 391 g/mol. The number of rotatable bonds is 6. The van der Waals surface area contributed by atoms with Crippen LogP contribution < -0.4 is 5.32 Å². The number of halogens is 3. The van der Waals surface area contributed by atoms with E-state index in [1.807, 2.05) is 42.3 Å². The van der Waals surface area contributed by atoms with Gasteiger partial charge in [0.2, 0.25) is 5.91 Å². The normalized spacial score (nSPS) is 22.5. The fourth-order valence-corrected chi connectivity index (χ4v) is 4.86. The number of hydrogen-bond donors (Lipinski definition) is 2. The Morgan fingerprint density at radius 3 is 2.90 bits per heavy atom. The molecule has 162 valence electrons. The van der Waals surface area contributed by atoms with E-state index in [-0.39, 0.29) is 24.5 Å². The van der Waals surface area contributed by atoms with E-state index in [0.717, 1.165) is 40.4 Å². The van der Waals surface area contributed by atoms with Crippen LogP contribution in [0.5, 0.6) is 0 Å². The molecule has 7 heteroatoms. The minimum absolute atomic E-state index is 0.0494. The Hall–Kier alpha value is -2.28. The van der Waals surface area contributed by atoms with E-state index in [4.69, 9.17) is 0 Å². The number of aromatic nitrogens is 1. The SMILES string of the molecule is CCC[C@@H](C)NC(=O)[C@@H]1C=C2c3cccc4[nH]cc(c34)C[C@H]2N(CCC(F)(F)F)C1. The van der Waals surface area contributed by atoms with E-state index < -0.39 is 18.5 Å². The Kier molecular flexibility index (Phi) is 5.66. The number of fused-ring (bicyclic) bond motifs is 2. The van der Waals surface area contributed by atoms with Gasteiger partial charge in [-0.05, 0) is 42.5 Å². The maximum Gasteiger partial charge on any atom is 0.390 e. The van der Waals surface area contributed by atoms with Crippen molar-refractivity contribution in [3.05, 3.63) is 41.6 Å². The number of H-pyrrole nitrogens is 1.